The minimum absolute atomic E-state index is 0.269. The molecule has 0 fully saturated rings. The first kappa shape index (κ1) is 22.7. The van der Waals surface area contributed by atoms with Gasteiger partial charge in [-0.25, -0.2) is 4.79 Å². The fourth-order valence-electron chi connectivity index (χ4n) is 3.42. The molecule has 7 nitrogen and oxygen atoms in total. The standard InChI is InChI=1S/C25H25N3O4S/c1-4-12-28-23(15-31-20-9-7-19(30-3)8-10-20)26-27-25(28)33-16-18-14-24(29)32-22-13-17(5-2)6-11-21(18)22/h4,6-11,13-14H,1,5,12,15-16H2,2-3H3. The molecule has 2 heterocycles. The molecule has 4 aromatic rings. The summed E-state index contributed by atoms with van der Waals surface area (Å²) in [5.74, 6) is 2.73. The molecule has 0 saturated heterocycles. The molecular formula is C25H25N3O4S. The number of ether oxygens (including phenoxy) is 2. The van der Waals surface area contributed by atoms with E-state index in [9.17, 15) is 4.79 Å². The Balaban J connectivity index is 1.52. The van der Waals surface area contributed by atoms with Crippen molar-refractivity contribution in [1.82, 2.24) is 14.8 Å². The quantitative estimate of drug-likeness (QED) is 0.186. The minimum atomic E-state index is -0.354. The van der Waals surface area contributed by atoms with E-state index in [1.165, 1.54) is 11.8 Å². The molecule has 0 radical (unpaired) electrons. The van der Waals surface area contributed by atoms with Gasteiger partial charge in [0, 0.05) is 23.8 Å². The molecular weight excluding hydrogens is 438 g/mol. The molecule has 0 aliphatic heterocycles. The second kappa shape index (κ2) is 10.4. The summed E-state index contributed by atoms with van der Waals surface area (Å²) in [6.45, 7) is 6.74. The first-order valence-electron chi connectivity index (χ1n) is 10.6. The van der Waals surface area contributed by atoms with Gasteiger partial charge in [0.15, 0.2) is 11.0 Å². The van der Waals surface area contributed by atoms with Crippen LogP contribution < -0.4 is 15.1 Å². The Hall–Kier alpha value is -3.52. The molecule has 8 heteroatoms. The number of methoxy groups -OCH3 is 1. The summed E-state index contributed by atoms with van der Waals surface area (Å²) in [5.41, 5.74) is 2.28. The van der Waals surface area contributed by atoms with E-state index in [1.807, 2.05) is 41.0 Å². The Morgan fingerprint density at radius 3 is 2.64 bits per heavy atom. The van der Waals surface area contributed by atoms with E-state index in [4.69, 9.17) is 13.9 Å². The molecule has 0 amide bonds. The van der Waals surface area contributed by atoms with Gasteiger partial charge in [-0.3, -0.25) is 4.57 Å². The fourth-order valence-corrected chi connectivity index (χ4v) is 4.38. The Kier molecular flexibility index (Phi) is 7.14. The highest BCUT2D eigenvalue weighted by Crippen LogP contribution is 2.27. The van der Waals surface area contributed by atoms with Gasteiger partial charge in [0.25, 0.3) is 0 Å². The highest BCUT2D eigenvalue weighted by atomic mass is 32.2. The predicted molar refractivity (Wildman–Crippen MR) is 129 cm³/mol. The molecule has 0 spiro atoms. The SMILES string of the molecule is C=CCn1c(COc2ccc(OC)cc2)nnc1SCc1cc(=O)oc2cc(CC)ccc12. The van der Waals surface area contributed by atoms with Gasteiger partial charge >= 0.3 is 5.63 Å². The third kappa shape index (κ3) is 5.28. The monoisotopic (exact) mass is 463 g/mol. The summed E-state index contributed by atoms with van der Waals surface area (Å²) in [5, 5.41) is 10.3. The van der Waals surface area contributed by atoms with Gasteiger partial charge in [-0.2, -0.15) is 0 Å². The van der Waals surface area contributed by atoms with E-state index in [-0.39, 0.29) is 12.2 Å². The van der Waals surface area contributed by atoms with Gasteiger partial charge in [-0.15, -0.1) is 16.8 Å². The summed E-state index contributed by atoms with van der Waals surface area (Å²) in [7, 11) is 1.63. The van der Waals surface area contributed by atoms with E-state index in [0.29, 0.717) is 29.5 Å². The third-order valence-corrected chi connectivity index (χ3v) is 6.21. The van der Waals surface area contributed by atoms with Crippen molar-refractivity contribution in [3.05, 3.63) is 88.6 Å². The zero-order chi connectivity index (χ0) is 23.2. The first-order valence-corrected chi connectivity index (χ1v) is 11.6. The van der Waals surface area contributed by atoms with Gasteiger partial charge in [0.2, 0.25) is 0 Å². The average molecular weight is 464 g/mol. The van der Waals surface area contributed by atoms with E-state index in [1.54, 1.807) is 19.3 Å². The second-order valence-corrected chi connectivity index (χ2v) is 8.27. The second-order valence-electron chi connectivity index (χ2n) is 7.33. The third-order valence-electron chi connectivity index (χ3n) is 5.19. The Morgan fingerprint density at radius 1 is 1.12 bits per heavy atom. The molecule has 0 atom stereocenters. The van der Waals surface area contributed by atoms with Crippen LogP contribution >= 0.6 is 11.8 Å². The zero-order valence-electron chi connectivity index (χ0n) is 18.6. The van der Waals surface area contributed by atoms with Crippen LogP contribution in [0.3, 0.4) is 0 Å². The number of hydrogen-bond acceptors (Lipinski definition) is 7. The highest BCUT2D eigenvalue weighted by molar-refractivity contribution is 7.98. The molecule has 0 aliphatic rings. The lowest BCUT2D eigenvalue weighted by Crippen LogP contribution is -2.07. The molecule has 0 aliphatic carbocycles. The molecule has 4 rings (SSSR count). The van der Waals surface area contributed by atoms with Crippen LogP contribution in [0.4, 0.5) is 0 Å². The predicted octanol–water partition coefficient (Wildman–Crippen LogP) is 5.01. The zero-order valence-corrected chi connectivity index (χ0v) is 19.4. The number of fused-ring (bicyclic) bond motifs is 1. The van der Waals surface area contributed by atoms with Crippen molar-refractivity contribution in [3.63, 3.8) is 0 Å². The average Bonchev–Trinajstić information content (AvgIpc) is 3.22. The van der Waals surface area contributed by atoms with Gasteiger partial charge in [-0.05, 0) is 47.9 Å². The number of nitrogens with zero attached hydrogens (tertiary/aromatic N) is 3. The van der Waals surface area contributed by atoms with Crippen molar-refractivity contribution in [2.75, 3.05) is 7.11 Å². The van der Waals surface area contributed by atoms with Crippen LogP contribution in [-0.4, -0.2) is 21.9 Å². The fraction of sp³-hybridized carbons (Fsp3) is 0.240. The topological polar surface area (TPSA) is 79.4 Å². The molecule has 0 saturated carbocycles. The van der Waals surface area contributed by atoms with Crippen LogP contribution in [0.1, 0.15) is 23.9 Å². The molecule has 2 aromatic heterocycles. The summed E-state index contributed by atoms with van der Waals surface area (Å²) in [4.78, 5) is 12.1. The van der Waals surface area contributed by atoms with Crippen LogP contribution in [-0.2, 0) is 25.3 Å². The summed E-state index contributed by atoms with van der Waals surface area (Å²) >= 11 is 1.51. The highest BCUT2D eigenvalue weighted by Gasteiger charge is 2.14. The van der Waals surface area contributed by atoms with Crippen LogP contribution in [0.2, 0.25) is 0 Å². The van der Waals surface area contributed by atoms with E-state index < -0.39 is 0 Å². The van der Waals surface area contributed by atoms with Crippen molar-refractivity contribution in [2.24, 2.45) is 0 Å². The number of thioether (sulfide) groups is 1. The van der Waals surface area contributed by atoms with Gasteiger partial charge in [0.1, 0.15) is 23.7 Å². The van der Waals surface area contributed by atoms with E-state index in [0.717, 1.165) is 33.8 Å². The number of benzene rings is 2. The lowest BCUT2D eigenvalue weighted by Gasteiger charge is -2.10. The maximum Gasteiger partial charge on any atom is 0.336 e. The summed E-state index contributed by atoms with van der Waals surface area (Å²) in [6, 6.07) is 14.9. The number of hydrogen-bond donors (Lipinski definition) is 0. The van der Waals surface area contributed by atoms with Gasteiger partial charge < -0.3 is 13.9 Å². The van der Waals surface area contributed by atoms with Crippen molar-refractivity contribution < 1.29 is 13.9 Å². The summed E-state index contributed by atoms with van der Waals surface area (Å²) < 4.78 is 18.4. The van der Waals surface area contributed by atoms with Crippen LogP contribution in [0.25, 0.3) is 11.0 Å². The maximum atomic E-state index is 12.1. The molecule has 0 unspecified atom stereocenters. The number of aromatic nitrogens is 3. The van der Waals surface area contributed by atoms with Crippen LogP contribution in [0, 0.1) is 0 Å². The molecule has 0 bridgehead atoms. The molecule has 2 aromatic carbocycles. The number of aryl methyl sites for hydroxylation is 1. The normalized spacial score (nSPS) is 11.0. The number of rotatable bonds is 10. The van der Waals surface area contributed by atoms with Crippen molar-refractivity contribution in [1.29, 1.82) is 0 Å². The molecule has 0 N–H and O–H groups in total. The van der Waals surface area contributed by atoms with Gasteiger partial charge in [-0.1, -0.05) is 36.9 Å². The van der Waals surface area contributed by atoms with E-state index >= 15 is 0 Å². The van der Waals surface area contributed by atoms with Crippen molar-refractivity contribution in [3.8, 4) is 11.5 Å². The lowest BCUT2D eigenvalue weighted by molar-refractivity contribution is 0.288. The van der Waals surface area contributed by atoms with Crippen molar-refractivity contribution in [2.45, 2.75) is 37.4 Å². The molecule has 170 valence electrons. The Bertz CT molecular complexity index is 1310. The smallest absolute Gasteiger partial charge is 0.336 e. The Labute approximate surface area is 196 Å². The number of allylic oxidation sites excluding steroid dienone is 1. The maximum absolute atomic E-state index is 12.1. The first-order chi connectivity index (χ1) is 16.1. The van der Waals surface area contributed by atoms with Crippen LogP contribution in [0.5, 0.6) is 11.5 Å². The van der Waals surface area contributed by atoms with E-state index in [2.05, 4.69) is 29.8 Å². The van der Waals surface area contributed by atoms with Gasteiger partial charge in [0.05, 0.1) is 7.11 Å². The molecule has 33 heavy (non-hydrogen) atoms. The van der Waals surface area contributed by atoms with Crippen molar-refractivity contribution >= 4 is 22.7 Å². The van der Waals surface area contributed by atoms with Crippen LogP contribution in [0.15, 0.2) is 75.6 Å². The minimum Gasteiger partial charge on any atom is -0.497 e. The largest absolute Gasteiger partial charge is 0.497 e. The Morgan fingerprint density at radius 2 is 1.91 bits per heavy atom. The lowest BCUT2D eigenvalue weighted by atomic mass is 10.1. The summed E-state index contributed by atoms with van der Waals surface area (Å²) in [6.07, 6.45) is 2.67.